The predicted octanol–water partition coefficient (Wildman–Crippen LogP) is 3.57. The van der Waals surface area contributed by atoms with Gasteiger partial charge >= 0.3 is 0 Å². The molecule has 0 aromatic carbocycles. The number of nitrogens with one attached hydrogen (secondary N) is 1. The molecule has 0 radical (unpaired) electrons. The van der Waals surface area contributed by atoms with E-state index < -0.39 is 0 Å². The van der Waals surface area contributed by atoms with E-state index in [0.717, 1.165) is 26.7 Å². The zero-order chi connectivity index (χ0) is 14.7. The summed E-state index contributed by atoms with van der Waals surface area (Å²) in [6.07, 6.45) is 0. The molecule has 2 rings (SSSR count). The van der Waals surface area contributed by atoms with E-state index in [-0.39, 0.29) is 0 Å². The lowest BCUT2D eigenvalue weighted by Crippen LogP contribution is -2.23. The molecule has 7 heteroatoms. The molecule has 112 valence electrons. The summed E-state index contributed by atoms with van der Waals surface area (Å²) in [6, 6.07) is 0. The molecule has 0 saturated carbocycles. The Morgan fingerprint density at radius 1 is 1.35 bits per heavy atom. The van der Waals surface area contributed by atoms with Crippen molar-refractivity contribution in [3.8, 4) is 0 Å². The minimum absolute atomic E-state index is 0.367. The van der Waals surface area contributed by atoms with Crippen molar-refractivity contribution in [1.82, 2.24) is 9.97 Å². The van der Waals surface area contributed by atoms with Gasteiger partial charge in [-0.2, -0.15) is 11.8 Å². The number of rotatable bonds is 4. The van der Waals surface area contributed by atoms with E-state index in [1.165, 1.54) is 0 Å². The summed E-state index contributed by atoms with van der Waals surface area (Å²) >= 11 is 6.27. The number of thioether (sulfide) groups is 2. The molecule has 0 aliphatic carbocycles. The smallest absolute Gasteiger partial charge is 0.144 e. The maximum Gasteiger partial charge on any atom is 0.144 e. The van der Waals surface area contributed by atoms with E-state index >= 15 is 0 Å². The van der Waals surface area contributed by atoms with Gasteiger partial charge in [0.2, 0.25) is 0 Å². The van der Waals surface area contributed by atoms with Crippen molar-refractivity contribution >= 4 is 51.9 Å². The van der Waals surface area contributed by atoms with E-state index in [4.69, 9.17) is 14.7 Å². The fourth-order valence-electron chi connectivity index (χ4n) is 1.97. The quantitative estimate of drug-likeness (QED) is 0.745. The van der Waals surface area contributed by atoms with Crippen LogP contribution >= 0.6 is 46.1 Å². The van der Waals surface area contributed by atoms with Crippen LogP contribution in [0.5, 0.6) is 0 Å². The zero-order valence-corrected chi connectivity index (χ0v) is 15.9. The Balaban J connectivity index is 2.29. The summed E-state index contributed by atoms with van der Waals surface area (Å²) in [4.78, 5) is 9.43. The van der Waals surface area contributed by atoms with Crippen LogP contribution in [0.1, 0.15) is 30.6 Å². The van der Waals surface area contributed by atoms with Crippen LogP contribution in [-0.2, 0) is 11.3 Å². The first-order valence-corrected chi connectivity index (χ1v) is 9.63. The van der Waals surface area contributed by atoms with Gasteiger partial charge in [0.25, 0.3) is 0 Å². The normalized spacial score (nSPS) is 26.6. The molecule has 1 aliphatic heterocycles. The molecule has 1 fully saturated rings. The highest BCUT2D eigenvalue weighted by Gasteiger charge is 2.29. The van der Waals surface area contributed by atoms with Crippen LogP contribution in [0.4, 0.5) is 5.82 Å². The summed E-state index contributed by atoms with van der Waals surface area (Å²) in [6.45, 7) is 5.11. The number of nitrogens with zero attached hydrogens (tertiary/aromatic N) is 2. The van der Waals surface area contributed by atoms with E-state index in [0.29, 0.717) is 22.4 Å². The molecule has 20 heavy (non-hydrogen) atoms. The summed E-state index contributed by atoms with van der Waals surface area (Å²) in [5.74, 6) is 2.91. The molecule has 1 aromatic rings. The Kier molecular flexibility index (Phi) is 6.25. The first-order valence-electron chi connectivity index (χ1n) is 6.56. The molecule has 4 nitrogen and oxygen atoms in total. The van der Waals surface area contributed by atoms with Crippen LogP contribution in [0.2, 0.25) is 0 Å². The second-order valence-electron chi connectivity index (χ2n) is 4.74. The van der Waals surface area contributed by atoms with Crippen LogP contribution in [0.3, 0.4) is 0 Å². The molecular formula is C13H20IN3OS2. The first kappa shape index (κ1) is 16.6. The topological polar surface area (TPSA) is 47.0 Å². The van der Waals surface area contributed by atoms with E-state index in [1.807, 2.05) is 30.6 Å². The largest absolute Gasteiger partial charge is 0.378 e. The molecule has 3 atom stereocenters. The van der Waals surface area contributed by atoms with Gasteiger partial charge in [-0.05, 0) is 22.6 Å². The minimum atomic E-state index is 0.367. The van der Waals surface area contributed by atoms with Gasteiger partial charge in [0, 0.05) is 30.4 Å². The standard InChI is InChI=1S/C13H20IN3OS2/c1-7-8(2)20-10(6-19-7)12-16-9(5-18-4)11(14)13(15-3)17-12/h7-8,10H,5-6H2,1-4H3,(H,15,16,17). The Bertz CT molecular complexity index is 475. The van der Waals surface area contributed by atoms with E-state index in [2.05, 4.69) is 41.8 Å². The lowest BCUT2D eigenvalue weighted by molar-refractivity contribution is 0.180. The van der Waals surface area contributed by atoms with Crippen LogP contribution in [0.25, 0.3) is 0 Å². The minimum Gasteiger partial charge on any atom is -0.378 e. The third-order valence-electron chi connectivity index (χ3n) is 3.29. The van der Waals surface area contributed by atoms with E-state index in [1.54, 1.807) is 7.11 Å². The van der Waals surface area contributed by atoms with Gasteiger partial charge in [-0.3, -0.25) is 0 Å². The summed E-state index contributed by atoms with van der Waals surface area (Å²) in [5, 5.41) is 4.86. The zero-order valence-electron chi connectivity index (χ0n) is 12.1. The number of hydrogen-bond donors (Lipinski definition) is 1. The van der Waals surface area contributed by atoms with Crippen LogP contribution in [0.15, 0.2) is 0 Å². The number of halogens is 1. The summed E-state index contributed by atoms with van der Waals surface area (Å²) in [7, 11) is 3.60. The van der Waals surface area contributed by atoms with Crippen molar-refractivity contribution in [3.63, 3.8) is 0 Å². The molecule has 1 saturated heterocycles. The first-order chi connectivity index (χ1) is 9.56. The SMILES string of the molecule is CNc1nc(C2CSC(C)C(C)S2)nc(COC)c1I. The van der Waals surface area contributed by atoms with Crippen molar-refractivity contribution in [3.05, 3.63) is 15.1 Å². The highest BCUT2D eigenvalue weighted by Crippen LogP contribution is 2.43. The monoisotopic (exact) mass is 425 g/mol. The number of ether oxygens (including phenoxy) is 1. The third-order valence-corrected chi connectivity index (χ3v) is 7.81. The van der Waals surface area contributed by atoms with Gasteiger partial charge in [0.05, 0.1) is 21.1 Å². The Hall–Kier alpha value is 0.270. The third kappa shape index (κ3) is 3.72. The van der Waals surface area contributed by atoms with Crippen molar-refractivity contribution in [2.75, 3.05) is 25.2 Å². The van der Waals surface area contributed by atoms with Crippen LogP contribution in [-0.4, -0.2) is 40.4 Å². The molecule has 0 bridgehead atoms. The fraction of sp³-hybridized carbons (Fsp3) is 0.692. The van der Waals surface area contributed by atoms with Gasteiger partial charge in [-0.25, -0.2) is 9.97 Å². The number of anilines is 1. The molecule has 0 spiro atoms. The molecular weight excluding hydrogens is 405 g/mol. The Morgan fingerprint density at radius 2 is 2.10 bits per heavy atom. The number of aromatic nitrogens is 2. The molecule has 2 heterocycles. The molecule has 1 aliphatic rings. The van der Waals surface area contributed by atoms with Crippen molar-refractivity contribution in [1.29, 1.82) is 0 Å². The summed E-state index contributed by atoms with van der Waals surface area (Å²) in [5.41, 5.74) is 0.972. The van der Waals surface area contributed by atoms with Crippen molar-refractivity contribution in [2.24, 2.45) is 0 Å². The van der Waals surface area contributed by atoms with Crippen LogP contribution < -0.4 is 5.32 Å². The van der Waals surface area contributed by atoms with Crippen molar-refractivity contribution < 1.29 is 4.74 Å². The lowest BCUT2D eigenvalue weighted by atomic mass is 10.3. The Morgan fingerprint density at radius 3 is 2.70 bits per heavy atom. The highest BCUT2D eigenvalue weighted by molar-refractivity contribution is 14.1. The van der Waals surface area contributed by atoms with Crippen LogP contribution in [0, 0.1) is 3.57 Å². The van der Waals surface area contributed by atoms with Crippen molar-refractivity contribution in [2.45, 2.75) is 36.2 Å². The summed E-state index contributed by atoms with van der Waals surface area (Å²) < 4.78 is 6.30. The second kappa shape index (κ2) is 7.51. The van der Waals surface area contributed by atoms with Gasteiger partial charge in [-0.15, -0.1) is 11.8 Å². The van der Waals surface area contributed by atoms with E-state index in [9.17, 15) is 0 Å². The number of methoxy groups -OCH3 is 1. The maximum atomic E-state index is 5.25. The molecule has 0 amide bonds. The molecule has 3 unspecified atom stereocenters. The lowest BCUT2D eigenvalue weighted by Gasteiger charge is -2.30. The van der Waals surface area contributed by atoms with Gasteiger partial charge < -0.3 is 10.1 Å². The van der Waals surface area contributed by atoms with Gasteiger partial charge in [0.1, 0.15) is 11.6 Å². The van der Waals surface area contributed by atoms with Gasteiger partial charge in [-0.1, -0.05) is 13.8 Å². The highest BCUT2D eigenvalue weighted by atomic mass is 127. The average molecular weight is 425 g/mol. The second-order valence-corrected chi connectivity index (χ2v) is 8.82. The molecule has 1 aromatic heterocycles. The predicted molar refractivity (Wildman–Crippen MR) is 96.7 cm³/mol. The average Bonchev–Trinajstić information content (AvgIpc) is 2.44. The fourth-order valence-corrected chi connectivity index (χ4v) is 5.48. The Labute approximate surface area is 142 Å². The maximum absolute atomic E-state index is 5.25. The molecule has 1 N–H and O–H groups in total. The van der Waals surface area contributed by atoms with Gasteiger partial charge in [0.15, 0.2) is 0 Å². The number of hydrogen-bond acceptors (Lipinski definition) is 6.